The molecule has 1 aliphatic rings. The second-order valence-electron chi connectivity index (χ2n) is 6.98. The first-order chi connectivity index (χ1) is 8.47. The molecule has 1 heterocycles. The molecule has 1 saturated carbocycles. The zero-order chi connectivity index (χ0) is 13.2. The van der Waals surface area contributed by atoms with Crippen molar-refractivity contribution in [2.75, 3.05) is 0 Å². The maximum Gasteiger partial charge on any atom is 0.0108 e. The topological polar surface area (TPSA) is 26.0 Å². The van der Waals surface area contributed by atoms with E-state index in [1.54, 1.807) is 11.3 Å². The summed E-state index contributed by atoms with van der Waals surface area (Å²) in [7, 11) is 0. The summed E-state index contributed by atoms with van der Waals surface area (Å²) in [5, 5.41) is 4.39. The first-order valence-corrected chi connectivity index (χ1v) is 8.18. The van der Waals surface area contributed by atoms with Gasteiger partial charge in [0.15, 0.2) is 0 Å². The lowest BCUT2D eigenvalue weighted by Gasteiger charge is -2.38. The summed E-state index contributed by atoms with van der Waals surface area (Å²) in [4.78, 5) is 0. The first-order valence-electron chi connectivity index (χ1n) is 7.23. The van der Waals surface area contributed by atoms with Gasteiger partial charge in [0, 0.05) is 6.04 Å². The minimum Gasteiger partial charge on any atom is -0.327 e. The zero-order valence-corrected chi connectivity index (χ0v) is 12.8. The van der Waals surface area contributed by atoms with E-state index in [1.807, 2.05) is 0 Å². The Morgan fingerprint density at radius 1 is 1.28 bits per heavy atom. The van der Waals surface area contributed by atoms with Gasteiger partial charge < -0.3 is 5.73 Å². The van der Waals surface area contributed by atoms with Crippen LogP contribution in [0, 0.1) is 17.3 Å². The summed E-state index contributed by atoms with van der Waals surface area (Å²) < 4.78 is 0. The second kappa shape index (κ2) is 5.75. The van der Waals surface area contributed by atoms with Crippen molar-refractivity contribution in [3.05, 3.63) is 22.4 Å². The number of thiophene rings is 1. The van der Waals surface area contributed by atoms with Crippen LogP contribution in [0.1, 0.15) is 52.0 Å². The Bertz CT molecular complexity index is 342. The van der Waals surface area contributed by atoms with Crippen LogP contribution in [0.4, 0.5) is 0 Å². The van der Waals surface area contributed by atoms with Crippen molar-refractivity contribution in [2.45, 2.75) is 58.9 Å². The Morgan fingerprint density at radius 2 is 1.94 bits per heavy atom. The van der Waals surface area contributed by atoms with Crippen molar-refractivity contribution in [3.8, 4) is 0 Å². The molecule has 0 bridgehead atoms. The summed E-state index contributed by atoms with van der Waals surface area (Å²) in [6.45, 7) is 7.13. The molecule has 1 atom stereocenters. The van der Waals surface area contributed by atoms with Crippen LogP contribution < -0.4 is 5.73 Å². The fourth-order valence-electron chi connectivity index (χ4n) is 3.26. The van der Waals surface area contributed by atoms with Crippen LogP contribution in [-0.2, 0) is 6.42 Å². The smallest absolute Gasteiger partial charge is 0.0108 e. The Hall–Kier alpha value is -0.340. The zero-order valence-electron chi connectivity index (χ0n) is 12.0. The summed E-state index contributed by atoms with van der Waals surface area (Å²) in [6, 6.07) is 2.58. The Balaban J connectivity index is 1.82. The SMILES string of the molecule is CC(C)(C)C1CCC(C(N)Cc2ccsc2)CC1. The van der Waals surface area contributed by atoms with Crippen LogP contribution in [0.3, 0.4) is 0 Å². The third kappa shape index (κ3) is 3.58. The molecule has 0 radical (unpaired) electrons. The van der Waals surface area contributed by atoms with E-state index in [9.17, 15) is 0 Å². The predicted octanol–water partition coefficient (Wildman–Crippen LogP) is 4.47. The normalized spacial score (nSPS) is 27.1. The molecule has 1 unspecified atom stereocenters. The highest BCUT2D eigenvalue weighted by Gasteiger charge is 2.31. The fourth-order valence-corrected chi connectivity index (χ4v) is 3.94. The van der Waals surface area contributed by atoms with Crippen LogP contribution in [0.2, 0.25) is 0 Å². The monoisotopic (exact) mass is 265 g/mol. The Morgan fingerprint density at radius 3 is 2.44 bits per heavy atom. The van der Waals surface area contributed by atoms with Gasteiger partial charge >= 0.3 is 0 Å². The molecule has 2 rings (SSSR count). The summed E-state index contributed by atoms with van der Waals surface area (Å²) >= 11 is 1.78. The van der Waals surface area contributed by atoms with Gasteiger partial charge in [-0.05, 0) is 71.7 Å². The third-order valence-corrected chi connectivity index (χ3v) is 5.39. The molecule has 1 fully saturated rings. The van der Waals surface area contributed by atoms with Gasteiger partial charge in [-0.25, -0.2) is 0 Å². The van der Waals surface area contributed by atoms with E-state index in [-0.39, 0.29) is 0 Å². The maximum atomic E-state index is 6.40. The largest absolute Gasteiger partial charge is 0.327 e. The average Bonchev–Trinajstić information content (AvgIpc) is 2.81. The van der Waals surface area contributed by atoms with E-state index in [2.05, 4.69) is 37.6 Å². The highest BCUT2D eigenvalue weighted by molar-refractivity contribution is 7.07. The highest BCUT2D eigenvalue weighted by atomic mass is 32.1. The lowest BCUT2D eigenvalue weighted by Crippen LogP contribution is -2.36. The maximum absolute atomic E-state index is 6.40. The molecular weight excluding hydrogens is 238 g/mol. The molecule has 102 valence electrons. The summed E-state index contributed by atoms with van der Waals surface area (Å²) in [6.07, 6.45) is 6.45. The second-order valence-corrected chi connectivity index (χ2v) is 7.76. The van der Waals surface area contributed by atoms with Crippen molar-refractivity contribution in [2.24, 2.45) is 23.0 Å². The van der Waals surface area contributed by atoms with Crippen LogP contribution >= 0.6 is 11.3 Å². The van der Waals surface area contributed by atoms with Crippen LogP contribution in [0.15, 0.2) is 16.8 Å². The first kappa shape index (κ1) is 14.1. The molecule has 1 aliphatic carbocycles. The lowest BCUT2D eigenvalue weighted by atomic mass is 9.68. The van der Waals surface area contributed by atoms with E-state index >= 15 is 0 Å². The van der Waals surface area contributed by atoms with Gasteiger partial charge in [-0.2, -0.15) is 11.3 Å². The van der Waals surface area contributed by atoms with Gasteiger partial charge in [-0.1, -0.05) is 20.8 Å². The van der Waals surface area contributed by atoms with Crippen LogP contribution in [-0.4, -0.2) is 6.04 Å². The standard InChI is InChI=1S/C16H27NS/c1-16(2,3)14-6-4-13(5-7-14)15(17)10-12-8-9-18-11-12/h8-9,11,13-15H,4-7,10,17H2,1-3H3. The van der Waals surface area contributed by atoms with E-state index in [1.165, 1.54) is 31.2 Å². The van der Waals surface area contributed by atoms with Gasteiger partial charge in [0.05, 0.1) is 0 Å². The average molecular weight is 265 g/mol. The fraction of sp³-hybridized carbons (Fsp3) is 0.750. The number of nitrogens with two attached hydrogens (primary N) is 1. The van der Waals surface area contributed by atoms with Crippen molar-refractivity contribution in [1.29, 1.82) is 0 Å². The molecule has 0 amide bonds. The van der Waals surface area contributed by atoms with Crippen molar-refractivity contribution < 1.29 is 0 Å². The molecule has 2 N–H and O–H groups in total. The van der Waals surface area contributed by atoms with Crippen LogP contribution in [0.25, 0.3) is 0 Å². The van der Waals surface area contributed by atoms with Crippen molar-refractivity contribution in [1.82, 2.24) is 0 Å². The Labute approximate surface area is 116 Å². The molecule has 0 saturated heterocycles. The molecule has 1 nitrogen and oxygen atoms in total. The molecule has 2 heteroatoms. The van der Waals surface area contributed by atoms with Gasteiger partial charge in [-0.15, -0.1) is 0 Å². The quantitative estimate of drug-likeness (QED) is 0.857. The number of rotatable bonds is 3. The highest BCUT2D eigenvalue weighted by Crippen LogP contribution is 2.40. The molecular formula is C16H27NS. The minimum atomic E-state index is 0.362. The van der Waals surface area contributed by atoms with E-state index in [4.69, 9.17) is 5.73 Å². The molecule has 0 aromatic carbocycles. The van der Waals surface area contributed by atoms with Gasteiger partial charge in [0.25, 0.3) is 0 Å². The van der Waals surface area contributed by atoms with Crippen LogP contribution in [0.5, 0.6) is 0 Å². The van der Waals surface area contributed by atoms with Gasteiger partial charge in [0.2, 0.25) is 0 Å². The van der Waals surface area contributed by atoms with Gasteiger partial charge in [0.1, 0.15) is 0 Å². The third-order valence-electron chi connectivity index (χ3n) is 4.65. The van der Waals surface area contributed by atoms with E-state index in [0.717, 1.165) is 18.3 Å². The van der Waals surface area contributed by atoms with Crippen molar-refractivity contribution in [3.63, 3.8) is 0 Å². The van der Waals surface area contributed by atoms with Gasteiger partial charge in [-0.3, -0.25) is 0 Å². The predicted molar refractivity (Wildman–Crippen MR) is 80.9 cm³/mol. The molecule has 0 spiro atoms. The minimum absolute atomic E-state index is 0.362. The Kier molecular flexibility index (Phi) is 4.50. The molecule has 0 aliphatic heterocycles. The molecule has 1 aromatic heterocycles. The molecule has 1 aromatic rings. The van der Waals surface area contributed by atoms with Crippen molar-refractivity contribution >= 4 is 11.3 Å². The number of hydrogen-bond donors (Lipinski definition) is 1. The van der Waals surface area contributed by atoms with E-state index in [0.29, 0.717) is 11.5 Å². The number of hydrogen-bond acceptors (Lipinski definition) is 2. The molecule has 18 heavy (non-hydrogen) atoms. The van der Waals surface area contributed by atoms with E-state index < -0.39 is 0 Å². The summed E-state index contributed by atoms with van der Waals surface area (Å²) in [5.74, 6) is 1.63. The summed E-state index contributed by atoms with van der Waals surface area (Å²) in [5.41, 5.74) is 8.30. The lowest BCUT2D eigenvalue weighted by molar-refractivity contribution is 0.139.